The van der Waals surface area contributed by atoms with Gasteiger partial charge in [0.05, 0.1) is 0 Å². The van der Waals surface area contributed by atoms with Gasteiger partial charge in [-0.15, -0.1) is 0 Å². The minimum Gasteiger partial charge on any atom is -0.295 e. The van der Waals surface area contributed by atoms with E-state index in [1.54, 1.807) is 0 Å². The quantitative estimate of drug-likeness (QED) is 0.487. The molecule has 0 radical (unpaired) electrons. The zero-order chi connectivity index (χ0) is 8.43. The molecule has 0 saturated heterocycles. The number of allylic oxidation sites excluding steroid dienone is 2. The molecule has 2 unspecified atom stereocenters. The van der Waals surface area contributed by atoms with Gasteiger partial charge in [0.15, 0.2) is 5.78 Å². The van der Waals surface area contributed by atoms with Gasteiger partial charge in [-0.3, -0.25) is 4.79 Å². The highest BCUT2D eigenvalue weighted by Crippen LogP contribution is 2.30. The predicted molar refractivity (Wildman–Crippen MR) is 46.3 cm³/mol. The summed E-state index contributed by atoms with van der Waals surface area (Å²) >= 11 is 0. The molecule has 1 rings (SSSR count). The minimum absolute atomic E-state index is 0.359. The number of Topliss-reactive ketones (excluding diaryl/α,β-unsaturated/α-hetero) is 1. The van der Waals surface area contributed by atoms with Crippen LogP contribution in [0.15, 0.2) is 11.6 Å². The summed E-state index contributed by atoms with van der Waals surface area (Å²) in [5.41, 5.74) is 1.04. The normalized spacial score (nSPS) is 36.3. The number of hydrogen-bond acceptors (Lipinski definition) is 1. The van der Waals surface area contributed by atoms with Crippen molar-refractivity contribution in [3.8, 4) is 0 Å². The smallest absolute Gasteiger partial charge is 0.158 e. The highest BCUT2D eigenvalue weighted by atomic mass is 16.1. The van der Waals surface area contributed by atoms with E-state index in [2.05, 4.69) is 13.8 Å². The van der Waals surface area contributed by atoms with Gasteiger partial charge in [-0.25, -0.2) is 0 Å². The Labute approximate surface area is 68.5 Å². The summed E-state index contributed by atoms with van der Waals surface area (Å²) in [6.45, 7) is 6.34. The molecular formula is C10H16O. The monoisotopic (exact) mass is 152 g/mol. The van der Waals surface area contributed by atoms with Gasteiger partial charge >= 0.3 is 0 Å². The van der Waals surface area contributed by atoms with Crippen molar-refractivity contribution in [1.82, 2.24) is 0 Å². The number of ketones is 1. The highest BCUT2D eigenvalue weighted by molar-refractivity contribution is 5.96. The predicted octanol–water partition coefficient (Wildman–Crippen LogP) is 2.57. The SMILES string of the molecule is C/C=C1\CC(C)C(C)CC1=O. The van der Waals surface area contributed by atoms with Gasteiger partial charge in [0.25, 0.3) is 0 Å². The van der Waals surface area contributed by atoms with E-state index in [1.807, 2.05) is 13.0 Å². The fourth-order valence-corrected chi connectivity index (χ4v) is 1.57. The van der Waals surface area contributed by atoms with Gasteiger partial charge in [-0.1, -0.05) is 19.9 Å². The standard InChI is InChI=1S/C10H16O/c1-4-9-5-7(2)8(3)6-10(9)11/h4,7-8H,5-6H2,1-3H3/b9-4+. The number of hydrogen-bond donors (Lipinski definition) is 0. The Hall–Kier alpha value is -0.590. The first-order chi connectivity index (χ1) is 5.15. The van der Waals surface area contributed by atoms with Crippen molar-refractivity contribution in [3.63, 3.8) is 0 Å². The van der Waals surface area contributed by atoms with Crippen molar-refractivity contribution in [3.05, 3.63) is 11.6 Å². The largest absolute Gasteiger partial charge is 0.295 e. The molecule has 0 spiro atoms. The summed E-state index contributed by atoms with van der Waals surface area (Å²) in [5.74, 6) is 1.61. The average Bonchev–Trinajstić information content (AvgIpc) is 1.97. The first-order valence-electron chi connectivity index (χ1n) is 4.33. The molecule has 1 fully saturated rings. The van der Waals surface area contributed by atoms with Crippen molar-refractivity contribution < 1.29 is 4.79 Å². The fraction of sp³-hybridized carbons (Fsp3) is 0.700. The second-order valence-electron chi connectivity index (χ2n) is 3.60. The Balaban J connectivity index is 2.70. The van der Waals surface area contributed by atoms with Crippen LogP contribution in [0.25, 0.3) is 0 Å². The Kier molecular flexibility index (Phi) is 2.48. The second kappa shape index (κ2) is 3.21. The Morgan fingerprint density at radius 2 is 1.82 bits per heavy atom. The maximum absolute atomic E-state index is 11.3. The van der Waals surface area contributed by atoms with Crippen LogP contribution in [0.2, 0.25) is 0 Å². The molecule has 1 aliphatic carbocycles. The van der Waals surface area contributed by atoms with Gasteiger partial charge in [0, 0.05) is 6.42 Å². The van der Waals surface area contributed by atoms with Crippen LogP contribution in [0.1, 0.15) is 33.6 Å². The average molecular weight is 152 g/mol. The lowest BCUT2D eigenvalue weighted by Gasteiger charge is -2.26. The summed E-state index contributed by atoms with van der Waals surface area (Å²) < 4.78 is 0. The van der Waals surface area contributed by atoms with E-state index >= 15 is 0 Å². The highest BCUT2D eigenvalue weighted by Gasteiger charge is 2.25. The third-order valence-corrected chi connectivity index (χ3v) is 2.73. The Morgan fingerprint density at radius 3 is 2.36 bits per heavy atom. The third-order valence-electron chi connectivity index (χ3n) is 2.73. The molecule has 0 N–H and O–H groups in total. The maximum atomic E-state index is 11.3. The molecule has 0 bridgehead atoms. The van der Waals surface area contributed by atoms with Crippen LogP contribution in [0.5, 0.6) is 0 Å². The van der Waals surface area contributed by atoms with Gasteiger partial charge in [0.1, 0.15) is 0 Å². The second-order valence-corrected chi connectivity index (χ2v) is 3.60. The van der Waals surface area contributed by atoms with Crippen LogP contribution in [-0.2, 0) is 4.79 Å². The lowest BCUT2D eigenvalue weighted by molar-refractivity contribution is -0.118. The molecule has 1 nitrogen and oxygen atoms in total. The third kappa shape index (κ3) is 1.70. The lowest BCUT2D eigenvalue weighted by atomic mass is 9.78. The lowest BCUT2D eigenvalue weighted by Crippen LogP contribution is -2.22. The van der Waals surface area contributed by atoms with Crippen molar-refractivity contribution in [2.24, 2.45) is 11.8 Å². The van der Waals surface area contributed by atoms with Crippen LogP contribution >= 0.6 is 0 Å². The zero-order valence-corrected chi connectivity index (χ0v) is 7.55. The molecular weight excluding hydrogens is 136 g/mol. The van der Waals surface area contributed by atoms with Crippen molar-refractivity contribution in [2.75, 3.05) is 0 Å². The number of carbonyl (C=O) groups is 1. The fourth-order valence-electron chi connectivity index (χ4n) is 1.57. The molecule has 1 heteroatoms. The summed E-state index contributed by atoms with van der Waals surface area (Å²) in [7, 11) is 0. The van der Waals surface area contributed by atoms with E-state index in [0.717, 1.165) is 18.4 Å². The van der Waals surface area contributed by atoms with E-state index in [9.17, 15) is 4.79 Å². The molecule has 1 aliphatic rings. The van der Waals surface area contributed by atoms with Gasteiger partial charge in [-0.05, 0) is 30.8 Å². The summed E-state index contributed by atoms with van der Waals surface area (Å²) in [5, 5.41) is 0. The first kappa shape index (κ1) is 8.51. The van der Waals surface area contributed by atoms with Crippen LogP contribution in [-0.4, -0.2) is 5.78 Å². The molecule has 0 aromatic heterocycles. The van der Waals surface area contributed by atoms with Crippen molar-refractivity contribution in [1.29, 1.82) is 0 Å². The van der Waals surface area contributed by atoms with E-state index in [4.69, 9.17) is 0 Å². The van der Waals surface area contributed by atoms with E-state index in [1.165, 1.54) is 0 Å². The van der Waals surface area contributed by atoms with Crippen molar-refractivity contribution in [2.45, 2.75) is 33.6 Å². The summed E-state index contributed by atoms with van der Waals surface area (Å²) in [6.07, 6.45) is 3.70. The summed E-state index contributed by atoms with van der Waals surface area (Å²) in [6, 6.07) is 0. The molecule has 1 saturated carbocycles. The Morgan fingerprint density at radius 1 is 1.27 bits per heavy atom. The minimum atomic E-state index is 0.359. The molecule has 0 aliphatic heterocycles. The number of rotatable bonds is 0. The maximum Gasteiger partial charge on any atom is 0.158 e. The van der Waals surface area contributed by atoms with Crippen LogP contribution < -0.4 is 0 Å². The summed E-state index contributed by atoms with van der Waals surface area (Å²) in [4.78, 5) is 11.3. The van der Waals surface area contributed by atoms with Gasteiger partial charge in [0.2, 0.25) is 0 Å². The van der Waals surface area contributed by atoms with Crippen LogP contribution in [0, 0.1) is 11.8 Å². The molecule has 0 amide bonds. The molecule has 11 heavy (non-hydrogen) atoms. The molecule has 2 atom stereocenters. The van der Waals surface area contributed by atoms with E-state index < -0.39 is 0 Å². The van der Waals surface area contributed by atoms with Crippen LogP contribution in [0.4, 0.5) is 0 Å². The van der Waals surface area contributed by atoms with Crippen LogP contribution in [0.3, 0.4) is 0 Å². The molecule has 0 aromatic rings. The molecule has 0 heterocycles. The molecule has 0 aromatic carbocycles. The van der Waals surface area contributed by atoms with Gasteiger partial charge in [-0.2, -0.15) is 0 Å². The first-order valence-corrected chi connectivity index (χ1v) is 4.33. The molecule has 62 valence electrons. The van der Waals surface area contributed by atoms with Gasteiger partial charge < -0.3 is 0 Å². The van der Waals surface area contributed by atoms with Crippen molar-refractivity contribution >= 4 is 5.78 Å². The zero-order valence-electron chi connectivity index (χ0n) is 7.55. The Bertz CT molecular complexity index is 191. The van der Waals surface area contributed by atoms with E-state index in [-0.39, 0.29) is 0 Å². The number of carbonyl (C=O) groups excluding carboxylic acids is 1. The van der Waals surface area contributed by atoms with E-state index in [0.29, 0.717) is 17.6 Å². The topological polar surface area (TPSA) is 17.1 Å².